The Balaban J connectivity index is 1.14. The van der Waals surface area contributed by atoms with Gasteiger partial charge in [-0.15, -0.1) is 0 Å². The number of carbonyl (C=O) groups is 2. The lowest BCUT2D eigenvalue weighted by molar-refractivity contribution is -0.117. The highest BCUT2D eigenvalue weighted by Gasteiger charge is 2.51. The van der Waals surface area contributed by atoms with Gasteiger partial charge in [0.15, 0.2) is 0 Å². The van der Waals surface area contributed by atoms with Gasteiger partial charge in [-0.3, -0.25) is 9.59 Å². The summed E-state index contributed by atoms with van der Waals surface area (Å²) in [4.78, 5) is 26.4. The molecule has 4 heteroatoms. The van der Waals surface area contributed by atoms with Gasteiger partial charge in [0.1, 0.15) is 0 Å². The Morgan fingerprint density at radius 2 is 1.48 bits per heavy atom. The average molecular weight is 415 g/mol. The summed E-state index contributed by atoms with van der Waals surface area (Å²) in [6.07, 6.45) is 9.96. The number of carbonyl (C=O) groups excluding carboxylic acids is 2. The minimum absolute atomic E-state index is 0.109. The fourth-order valence-corrected chi connectivity index (χ4v) is 7.29. The van der Waals surface area contributed by atoms with E-state index in [1.54, 1.807) is 17.0 Å². The number of nitrogens with zero attached hydrogens (tertiary/aromatic N) is 1. The van der Waals surface area contributed by atoms with Crippen molar-refractivity contribution in [1.29, 1.82) is 0 Å². The third-order valence-corrected chi connectivity index (χ3v) is 8.31. The van der Waals surface area contributed by atoms with Crippen molar-refractivity contribution in [2.75, 3.05) is 16.8 Å². The molecular formula is C27H30N2O2. The van der Waals surface area contributed by atoms with Crippen molar-refractivity contribution >= 4 is 23.2 Å². The molecule has 1 heterocycles. The van der Waals surface area contributed by atoms with Gasteiger partial charge in [0.2, 0.25) is 5.91 Å². The van der Waals surface area contributed by atoms with Crippen molar-refractivity contribution in [3.8, 4) is 0 Å². The third-order valence-electron chi connectivity index (χ3n) is 8.31. The molecule has 31 heavy (non-hydrogen) atoms. The molecule has 7 rings (SSSR count). The van der Waals surface area contributed by atoms with Crippen molar-refractivity contribution in [2.45, 2.75) is 56.8 Å². The van der Waals surface area contributed by atoms with E-state index in [9.17, 15) is 9.59 Å². The van der Waals surface area contributed by atoms with Gasteiger partial charge in [-0.2, -0.15) is 0 Å². The van der Waals surface area contributed by atoms with Gasteiger partial charge >= 0.3 is 0 Å². The number of anilines is 2. The third kappa shape index (κ3) is 3.37. The summed E-state index contributed by atoms with van der Waals surface area (Å²) in [5.41, 5.74) is 4.20. The normalized spacial score (nSPS) is 31.3. The number of amides is 2. The number of rotatable bonds is 4. The fourth-order valence-electron chi connectivity index (χ4n) is 7.29. The molecule has 0 radical (unpaired) electrons. The van der Waals surface area contributed by atoms with Crippen LogP contribution in [0.3, 0.4) is 0 Å². The topological polar surface area (TPSA) is 49.4 Å². The Kier molecular flexibility index (Phi) is 4.45. The highest BCUT2D eigenvalue weighted by molar-refractivity contribution is 6.04. The van der Waals surface area contributed by atoms with Crippen LogP contribution < -0.4 is 10.2 Å². The standard InChI is InChI=1S/C27H30N2O2/c30-25-2-1-11-29(25)24-9-3-21(4-10-24)26(31)28-23-7-5-22(6-8-23)27-15-18-12-19(16-27)14-20(13-18)17-27/h3-10,18-20H,1-2,11-17H2,(H,28,31). The fraction of sp³-hybridized carbons (Fsp3) is 0.481. The first-order valence-corrected chi connectivity index (χ1v) is 11.9. The number of benzene rings is 2. The summed E-state index contributed by atoms with van der Waals surface area (Å²) in [7, 11) is 0. The highest BCUT2D eigenvalue weighted by Crippen LogP contribution is 2.60. The molecule has 4 saturated carbocycles. The Morgan fingerprint density at radius 3 is 2.03 bits per heavy atom. The predicted molar refractivity (Wildman–Crippen MR) is 122 cm³/mol. The van der Waals surface area contributed by atoms with Crippen LogP contribution in [0.4, 0.5) is 11.4 Å². The van der Waals surface area contributed by atoms with Crippen LogP contribution in [-0.2, 0) is 10.2 Å². The molecular weight excluding hydrogens is 384 g/mol. The maximum absolute atomic E-state index is 12.7. The molecule has 0 spiro atoms. The Bertz CT molecular complexity index is 973. The summed E-state index contributed by atoms with van der Waals surface area (Å²) in [6, 6.07) is 16.0. The molecule has 4 aliphatic carbocycles. The van der Waals surface area contributed by atoms with Crippen LogP contribution in [-0.4, -0.2) is 18.4 Å². The van der Waals surface area contributed by atoms with E-state index in [1.807, 2.05) is 12.1 Å². The van der Waals surface area contributed by atoms with Gasteiger partial charge in [0.05, 0.1) is 0 Å². The second-order valence-corrected chi connectivity index (χ2v) is 10.4. The Morgan fingerprint density at radius 1 is 0.871 bits per heavy atom. The maximum atomic E-state index is 12.7. The molecule has 0 aromatic heterocycles. The van der Waals surface area contributed by atoms with Gasteiger partial charge in [-0.1, -0.05) is 12.1 Å². The Labute approximate surface area is 184 Å². The van der Waals surface area contributed by atoms with Crippen molar-refractivity contribution in [3.05, 3.63) is 59.7 Å². The highest BCUT2D eigenvalue weighted by atomic mass is 16.2. The van der Waals surface area contributed by atoms with E-state index >= 15 is 0 Å². The molecule has 4 bridgehead atoms. The molecule has 2 aromatic rings. The van der Waals surface area contributed by atoms with Gasteiger partial charge < -0.3 is 10.2 Å². The first-order chi connectivity index (χ1) is 15.1. The van der Waals surface area contributed by atoms with Crippen molar-refractivity contribution < 1.29 is 9.59 Å². The maximum Gasteiger partial charge on any atom is 0.255 e. The van der Waals surface area contributed by atoms with Crippen LogP contribution in [0.5, 0.6) is 0 Å². The molecule has 5 aliphatic rings. The van der Waals surface area contributed by atoms with Crippen LogP contribution in [0.1, 0.15) is 67.3 Å². The first kappa shape index (κ1) is 19.1. The molecule has 1 N–H and O–H groups in total. The smallest absolute Gasteiger partial charge is 0.255 e. The average Bonchev–Trinajstić information content (AvgIpc) is 3.19. The minimum atomic E-state index is -0.109. The molecule has 160 valence electrons. The molecule has 5 fully saturated rings. The lowest BCUT2D eigenvalue weighted by Gasteiger charge is -2.57. The van der Waals surface area contributed by atoms with Crippen LogP contribution >= 0.6 is 0 Å². The summed E-state index contributed by atoms with van der Waals surface area (Å²) in [6.45, 7) is 0.764. The van der Waals surface area contributed by atoms with E-state index in [4.69, 9.17) is 0 Å². The van der Waals surface area contributed by atoms with Crippen molar-refractivity contribution in [2.24, 2.45) is 17.8 Å². The molecule has 1 saturated heterocycles. The number of nitrogens with one attached hydrogen (secondary N) is 1. The van der Waals surface area contributed by atoms with Crippen LogP contribution in [0.2, 0.25) is 0 Å². The second-order valence-electron chi connectivity index (χ2n) is 10.4. The van der Waals surface area contributed by atoms with Gasteiger partial charge in [-0.05, 0) is 110 Å². The van der Waals surface area contributed by atoms with Crippen LogP contribution in [0.15, 0.2) is 48.5 Å². The summed E-state index contributed by atoms with van der Waals surface area (Å²) in [5, 5.41) is 3.04. The molecule has 2 aromatic carbocycles. The zero-order valence-corrected chi connectivity index (χ0v) is 18.0. The summed E-state index contributed by atoms with van der Waals surface area (Å²) in [5.74, 6) is 2.86. The first-order valence-electron chi connectivity index (χ1n) is 11.9. The minimum Gasteiger partial charge on any atom is -0.322 e. The van der Waals surface area contributed by atoms with E-state index < -0.39 is 0 Å². The van der Waals surface area contributed by atoms with E-state index in [-0.39, 0.29) is 11.8 Å². The van der Waals surface area contributed by atoms with Crippen molar-refractivity contribution in [3.63, 3.8) is 0 Å². The SMILES string of the molecule is O=C(Nc1ccc(C23CC4CC(CC(C4)C2)C3)cc1)c1ccc(N2CCCC2=O)cc1. The van der Waals surface area contributed by atoms with Crippen molar-refractivity contribution in [1.82, 2.24) is 0 Å². The molecule has 0 unspecified atom stereocenters. The zero-order valence-electron chi connectivity index (χ0n) is 18.0. The second kappa shape index (κ2) is 7.22. The molecule has 1 aliphatic heterocycles. The van der Waals surface area contributed by atoms with E-state index in [1.165, 1.54) is 44.1 Å². The lowest BCUT2D eigenvalue weighted by Crippen LogP contribution is -2.48. The van der Waals surface area contributed by atoms with E-state index in [0.29, 0.717) is 17.4 Å². The molecule has 0 atom stereocenters. The zero-order chi connectivity index (χ0) is 21.0. The summed E-state index contributed by atoms with van der Waals surface area (Å²) < 4.78 is 0. The predicted octanol–water partition coefficient (Wildman–Crippen LogP) is 5.53. The van der Waals surface area contributed by atoms with Crippen LogP contribution in [0, 0.1) is 17.8 Å². The van der Waals surface area contributed by atoms with Gasteiger partial charge in [0.25, 0.3) is 5.91 Å². The molecule has 4 nitrogen and oxygen atoms in total. The monoisotopic (exact) mass is 414 g/mol. The van der Waals surface area contributed by atoms with Crippen LogP contribution in [0.25, 0.3) is 0 Å². The molecule has 2 amide bonds. The largest absolute Gasteiger partial charge is 0.322 e. The summed E-state index contributed by atoms with van der Waals surface area (Å²) >= 11 is 0. The van der Waals surface area contributed by atoms with Gasteiger partial charge in [-0.25, -0.2) is 0 Å². The Hall–Kier alpha value is -2.62. The quantitative estimate of drug-likeness (QED) is 0.715. The van der Waals surface area contributed by atoms with E-state index in [0.717, 1.165) is 42.1 Å². The number of hydrogen-bond donors (Lipinski definition) is 1. The van der Waals surface area contributed by atoms with Gasteiger partial charge in [0, 0.05) is 29.9 Å². The van der Waals surface area contributed by atoms with E-state index in [2.05, 4.69) is 29.6 Å². The lowest BCUT2D eigenvalue weighted by atomic mass is 9.48. The number of hydrogen-bond acceptors (Lipinski definition) is 2.